The summed E-state index contributed by atoms with van der Waals surface area (Å²) in [5.74, 6) is 7.85. The Balaban J connectivity index is 1.48. The lowest BCUT2D eigenvalue weighted by molar-refractivity contribution is 0.528. The van der Waals surface area contributed by atoms with Crippen LogP contribution in [0.15, 0.2) is 58.1 Å². The Bertz CT molecular complexity index is 1080. The van der Waals surface area contributed by atoms with E-state index in [1.165, 1.54) is 16.4 Å². The van der Waals surface area contributed by atoms with E-state index in [2.05, 4.69) is 20.4 Å². The van der Waals surface area contributed by atoms with Gasteiger partial charge in [-0.15, -0.1) is 20.4 Å². The molecule has 0 aliphatic heterocycles. The third kappa shape index (κ3) is 3.78. The number of aromatic nitrogens is 5. The van der Waals surface area contributed by atoms with E-state index >= 15 is 0 Å². The summed E-state index contributed by atoms with van der Waals surface area (Å²) in [5, 5.41) is 18.1. The Kier molecular flexibility index (Phi) is 5.02. The van der Waals surface area contributed by atoms with Crippen molar-refractivity contribution < 1.29 is 4.42 Å². The number of rotatable bonds is 5. The van der Waals surface area contributed by atoms with Crippen LogP contribution >= 0.6 is 35.0 Å². The Morgan fingerprint density at radius 1 is 0.963 bits per heavy atom. The molecule has 2 N–H and O–H groups in total. The lowest BCUT2D eigenvalue weighted by Gasteiger charge is -2.03. The van der Waals surface area contributed by atoms with Gasteiger partial charge in [0, 0.05) is 10.6 Å². The third-order valence-electron chi connectivity index (χ3n) is 3.66. The maximum Gasteiger partial charge on any atom is 0.249 e. The molecular weight excluding hydrogens is 407 g/mol. The van der Waals surface area contributed by atoms with Gasteiger partial charge in [-0.25, -0.2) is 4.68 Å². The topological polar surface area (TPSA) is 95.7 Å². The summed E-state index contributed by atoms with van der Waals surface area (Å²) in [4.78, 5) is 0. The van der Waals surface area contributed by atoms with E-state index in [0.717, 1.165) is 5.56 Å². The molecule has 0 radical (unpaired) electrons. The molecule has 0 aliphatic carbocycles. The van der Waals surface area contributed by atoms with Gasteiger partial charge in [0.15, 0.2) is 5.82 Å². The molecule has 7 nitrogen and oxygen atoms in total. The molecule has 136 valence electrons. The number of halogens is 2. The minimum absolute atomic E-state index is 0.368. The average Bonchev–Trinajstić information content (AvgIpc) is 3.28. The molecule has 0 fully saturated rings. The standard InChI is InChI=1S/C17H12Cl2N6OS/c18-11-7-5-10(6-8-11)15-22-24-17(25(15)20)27-9-14-21-23-16(26-14)12-3-1-2-4-13(12)19/h1-8H,9,20H2. The van der Waals surface area contributed by atoms with Crippen LogP contribution in [0.5, 0.6) is 0 Å². The lowest BCUT2D eigenvalue weighted by Crippen LogP contribution is -2.11. The molecular formula is C17H12Cl2N6OS. The van der Waals surface area contributed by atoms with Crippen molar-refractivity contribution in [1.82, 2.24) is 25.1 Å². The summed E-state index contributed by atoms with van der Waals surface area (Å²) in [7, 11) is 0. The number of hydrogen-bond acceptors (Lipinski definition) is 7. The van der Waals surface area contributed by atoms with E-state index in [1.807, 2.05) is 30.3 Å². The van der Waals surface area contributed by atoms with Crippen molar-refractivity contribution in [2.75, 3.05) is 5.84 Å². The first kappa shape index (κ1) is 17.8. The maximum absolute atomic E-state index is 6.15. The number of thioether (sulfide) groups is 1. The van der Waals surface area contributed by atoms with E-state index in [4.69, 9.17) is 33.5 Å². The van der Waals surface area contributed by atoms with Crippen molar-refractivity contribution >= 4 is 35.0 Å². The van der Waals surface area contributed by atoms with Crippen LogP contribution in [-0.2, 0) is 5.75 Å². The highest BCUT2D eigenvalue weighted by molar-refractivity contribution is 7.98. The van der Waals surface area contributed by atoms with E-state index in [0.29, 0.717) is 44.1 Å². The minimum atomic E-state index is 0.368. The lowest BCUT2D eigenvalue weighted by atomic mass is 10.2. The van der Waals surface area contributed by atoms with Gasteiger partial charge in [0.1, 0.15) is 0 Å². The molecule has 0 saturated carbocycles. The van der Waals surface area contributed by atoms with Crippen LogP contribution in [0.3, 0.4) is 0 Å². The second-order valence-corrected chi connectivity index (χ2v) is 7.24. The van der Waals surface area contributed by atoms with Crippen LogP contribution in [0, 0.1) is 0 Å². The monoisotopic (exact) mass is 418 g/mol. The van der Waals surface area contributed by atoms with Crippen molar-refractivity contribution in [3.8, 4) is 22.8 Å². The molecule has 0 aliphatic rings. The van der Waals surface area contributed by atoms with E-state index in [1.54, 1.807) is 18.2 Å². The van der Waals surface area contributed by atoms with Crippen LogP contribution in [0.1, 0.15) is 5.89 Å². The summed E-state index contributed by atoms with van der Waals surface area (Å²) >= 11 is 13.4. The summed E-state index contributed by atoms with van der Waals surface area (Å²) in [6, 6.07) is 14.5. The van der Waals surface area contributed by atoms with Crippen LogP contribution in [0.4, 0.5) is 0 Å². The first-order chi connectivity index (χ1) is 13.1. The van der Waals surface area contributed by atoms with Crippen LogP contribution in [0.25, 0.3) is 22.8 Å². The average molecular weight is 419 g/mol. The highest BCUT2D eigenvalue weighted by atomic mass is 35.5. The summed E-state index contributed by atoms with van der Waals surface area (Å²) in [6.07, 6.45) is 0. The SMILES string of the molecule is Nn1c(SCc2nnc(-c3ccccc3Cl)o2)nnc1-c1ccc(Cl)cc1. The molecule has 27 heavy (non-hydrogen) atoms. The van der Waals surface area contributed by atoms with Gasteiger partial charge in [-0.05, 0) is 36.4 Å². The van der Waals surface area contributed by atoms with Gasteiger partial charge in [0.25, 0.3) is 0 Å². The number of nitrogens with zero attached hydrogens (tertiary/aromatic N) is 5. The highest BCUT2D eigenvalue weighted by Crippen LogP contribution is 2.29. The zero-order chi connectivity index (χ0) is 18.8. The van der Waals surface area contributed by atoms with Crippen molar-refractivity contribution in [3.63, 3.8) is 0 Å². The van der Waals surface area contributed by atoms with Crippen molar-refractivity contribution in [2.24, 2.45) is 0 Å². The predicted octanol–water partition coefficient (Wildman–Crippen LogP) is 4.31. The molecule has 0 unspecified atom stereocenters. The fraction of sp³-hybridized carbons (Fsp3) is 0.0588. The van der Waals surface area contributed by atoms with Gasteiger partial charge in [-0.3, -0.25) is 0 Å². The first-order valence-electron chi connectivity index (χ1n) is 7.78. The van der Waals surface area contributed by atoms with Gasteiger partial charge >= 0.3 is 0 Å². The van der Waals surface area contributed by atoms with Crippen molar-refractivity contribution in [2.45, 2.75) is 10.9 Å². The highest BCUT2D eigenvalue weighted by Gasteiger charge is 2.15. The van der Waals surface area contributed by atoms with Crippen LogP contribution < -0.4 is 5.84 Å². The van der Waals surface area contributed by atoms with Gasteiger partial charge in [-0.1, -0.05) is 47.1 Å². The predicted molar refractivity (Wildman–Crippen MR) is 105 cm³/mol. The molecule has 0 spiro atoms. The normalized spacial score (nSPS) is 11.0. The van der Waals surface area contributed by atoms with Gasteiger partial charge in [0.2, 0.25) is 16.9 Å². The second kappa shape index (κ2) is 7.59. The largest absolute Gasteiger partial charge is 0.420 e. The van der Waals surface area contributed by atoms with Crippen molar-refractivity contribution in [3.05, 3.63) is 64.5 Å². The zero-order valence-electron chi connectivity index (χ0n) is 13.7. The zero-order valence-corrected chi connectivity index (χ0v) is 16.0. The summed E-state index contributed by atoms with van der Waals surface area (Å²) < 4.78 is 7.09. The van der Waals surface area contributed by atoms with Crippen LogP contribution in [0.2, 0.25) is 10.0 Å². The number of nitrogen functional groups attached to an aromatic ring is 1. The smallest absolute Gasteiger partial charge is 0.249 e. The third-order valence-corrected chi connectivity index (χ3v) is 5.17. The Labute approximate surface area is 168 Å². The molecule has 0 atom stereocenters. The Morgan fingerprint density at radius 2 is 1.74 bits per heavy atom. The van der Waals surface area contributed by atoms with E-state index < -0.39 is 0 Å². The van der Waals surface area contributed by atoms with Crippen LogP contribution in [-0.4, -0.2) is 25.1 Å². The second-order valence-electron chi connectivity index (χ2n) is 5.45. The molecule has 0 amide bonds. The molecule has 2 aromatic carbocycles. The molecule has 0 saturated heterocycles. The summed E-state index contributed by atoms with van der Waals surface area (Å²) in [6.45, 7) is 0. The minimum Gasteiger partial charge on any atom is -0.420 e. The molecule has 10 heteroatoms. The maximum atomic E-state index is 6.15. The fourth-order valence-electron chi connectivity index (χ4n) is 2.35. The molecule has 2 heterocycles. The fourth-order valence-corrected chi connectivity index (χ4v) is 3.39. The summed E-state index contributed by atoms with van der Waals surface area (Å²) in [5.41, 5.74) is 1.51. The molecule has 4 aromatic rings. The Hall–Kier alpha value is -2.55. The number of hydrogen-bond donors (Lipinski definition) is 1. The molecule has 0 bridgehead atoms. The van der Waals surface area contributed by atoms with Gasteiger partial charge < -0.3 is 10.3 Å². The van der Waals surface area contributed by atoms with E-state index in [-0.39, 0.29) is 0 Å². The van der Waals surface area contributed by atoms with E-state index in [9.17, 15) is 0 Å². The van der Waals surface area contributed by atoms with Gasteiger partial charge in [0.05, 0.1) is 16.3 Å². The quantitative estimate of drug-likeness (QED) is 0.380. The Morgan fingerprint density at radius 3 is 2.52 bits per heavy atom. The molecule has 2 aromatic heterocycles. The molecule has 4 rings (SSSR count). The van der Waals surface area contributed by atoms with Gasteiger partial charge in [-0.2, -0.15) is 0 Å². The van der Waals surface area contributed by atoms with Crippen molar-refractivity contribution in [1.29, 1.82) is 0 Å². The number of benzene rings is 2. The first-order valence-corrected chi connectivity index (χ1v) is 9.52. The number of nitrogens with two attached hydrogens (primary N) is 1.